The van der Waals surface area contributed by atoms with Gasteiger partial charge in [-0.1, -0.05) is 6.42 Å². The van der Waals surface area contributed by atoms with E-state index in [1.165, 1.54) is 14.2 Å². The molecular weight excluding hydrogens is 243 g/mol. The Morgan fingerprint density at radius 1 is 1.35 bits per heavy atom. The van der Waals surface area contributed by atoms with Gasteiger partial charge < -0.3 is 9.05 Å². The number of carbonyl (C=O) groups excluding carboxylic acids is 2. The monoisotopic (exact) mass is 262 g/mol. The topological polar surface area (TPSA) is 69.7 Å². The molecule has 1 rings (SSSR count). The summed E-state index contributed by atoms with van der Waals surface area (Å²) in [5, 5.41) is 0. The van der Waals surface area contributed by atoms with Gasteiger partial charge in [-0.25, -0.2) is 0 Å². The highest BCUT2D eigenvalue weighted by Crippen LogP contribution is 2.46. The maximum atomic E-state index is 11.7. The van der Waals surface area contributed by atoms with Gasteiger partial charge in [0.1, 0.15) is 17.7 Å². The van der Waals surface area contributed by atoms with Crippen molar-refractivity contribution in [3.05, 3.63) is 0 Å². The van der Waals surface area contributed by atoms with Gasteiger partial charge in [0, 0.05) is 33.0 Å². The second-order valence-corrected chi connectivity index (χ2v) is 6.55. The van der Waals surface area contributed by atoms with Gasteiger partial charge in [-0.2, -0.15) is 0 Å². The third-order valence-corrected chi connectivity index (χ3v) is 4.93. The highest BCUT2D eigenvalue weighted by molar-refractivity contribution is 7.54. The second-order valence-electron chi connectivity index (χ2n) is 4.29. The molecule has 0 radical (unpaired) electrons. The van der Waals surface area contributed by atoms with Gasteiger partial charge in [0.2, 0.25) is 0 Å². The molecule has 0 heterocycles. The maximum absolute atomic E-state index is 11.7. The minimum absolute atomic E-state index is 0.147. The van der Waals surface area contributed by atoms with Gasteiger partial charge in [-0.05, 0) is 12.8 Å². The van der Waals surface area contributed by atoms with Gasteiger partial charge in [0.25, 0.3) is 0 Å². The van der Waals surface area contributed by atoms with Crippen LogP contribution in [-0.2, 0) is 23.2 Å². The summed E-state index contributed by atoms with van der Waals surface area (Å²) in [4.78, 5) is 23.3. The molecule has 0 bridgehead atoms. The summed E-state index contributed by atoms with van der Waals surface area (Å²) in [5.74, 6) is -0.273. The first-order valence-electron chi connectivity index (χ1n) is 5.75. The van der Waals surface area contributed by atoms with Gasteiger partial charge in [-0.3, -0.25) is 14.2 Å². The first-order chi connectivity index (χ1) is 8.00. The Labute approximate surface area is 101 Å². The molecule has 0 aliphatic heterocycles. The van der Waals surface area contributed by atoms with Crippen molar-refractivity contribution in [2.75, 3.05) is 20.4 Å². The summed E-state index contributed by atoms with van der Waals surface area (Å²) < 4.78 is 21.1. The lowest BCUT2D eigenvalue weighted by Gasteiger charge is -2.20. The molecule has 0 amide bonds. The van der Waals surface area contributed by atoms with Crippen molar-refractivity contribution in [1.82, 2.24) is 0 Å². The summed E-state index contributed by atoms with van der Waals surface area (Å²) in [6.07, 6.45) is 3.13. The first-order valence-corrected chi connectivity index (χ1v) is 7.48. The third-order valence-electron chi connectivity index (χ3n) is 3.08. The molecule has 0 spiro atoms. The van der Waals surface area contributed by atoms with Gasteiger partial charge in [0.05, 0.1) is 0 Å². The van der Waals surface area contributed by atoms with Crippen molar-refractivity contribution < 1.29 is 23.2 Å². The number of rotatable bonds is 6. The lowest BCUT2D eigenvalue weighted by Crippen LogP contribution is -2.23. The fourth-order valence-electron chi connectivity index (χ4n) is 2.03. The van der Waals surface area contributed by atoms with Crippen LogP contribution in [0.15, 0.2) is 0 Å². The lowest BCUT2D eigenvalue weighted by molar-refractivity contribution is -0.128. The summed E-state index contributed by atoms with van der Waals surface area (Å²) in [5.41, 5.74) is 0. The van der Waals surface area contributed by atoms with Crippen LogP contribution in [0.2, 0.25) is 0 Å². The van der Waals surface area contributed by atoms with Crippen LogP contribution in [0.25, 0.3) is 0 Å². The summed E-state index contributed by atoms with van der Waals surface area (Å²) in [6, 6.07) is 0. The molecule has 0 N–H and O–H groups in total. The third kappa shape index (κ3) is 4.34. The van der Waals surface area contributed by atoms with Crippen LogP contribution in [0.4, 0.5) is 0 Å². The van der Waals surface area contributed by atoms with Crippen LogP contribution in [-0.4, -0.2) is 31.9 Å². The van der Waals surface area contributed by atoms with Crippen LogP contribution in [0.3, 0.4) is 0 Å². The van der Waals surface area contributed by atoms with E-state index in [2.05, 4.69) is 0 Å². The van der Waals surface area contributed by atoms with Crippen molar-refractivity contribution in [2.24, 2.45) is 5.92 Å². The number of ketones is 2. The van der Waals surface area contributed by atoms with Crippen molar-refractivity contribution >= 4 is 19.2 Å². The normalized spacial score (nSPS) is 21.5. The van der Waals surface area contributed by atoms with Crippen molar-refractivity contribution in [1.29, 1.82) is 0 Å². The van der Waals surface area contributed by atoms with Crippen LogP contribution in [0, 0.1) is 5.92 Å². The Morgan fingerprint density at radius 3 is 2.53 bits per heavy atom. The molecule has 1 fully saturated rings. The van der Waals surface area contributed by atoms with Crippen LogP contribution >= 0.6 is 7.60 Å². The van der Waals surface area contributed by atoms with E-state index in [0.29, 0.717) is 6.42 Å². The second kappa shape index (κ2) is 6.43. The van der Waals surface area contributed by atoms with E-state index in [1.54, 1.807) is 0 Å². The standard InChI is InChI=1S/C11H19O5P/c1-15-17(14,16-2)8-10(12)7-9-5-3-4-6-11(9)13/h9H,3-8H2,1-2H3. The Hall–Kier alpha value is -0.510. The average Bonchev–Trinajstić information content (AvgIpc) is 2.32. The molecule has 6 heteroatoms. The summed E-state index contributed by atoms with van der Waals surface area (Å²) in [6.45, 7) is 0. The molecule has 5 nitrogen and oxygen atoms in total. The van der Waals surface area contributed by atoms with E-state index in [-0.39, 0.29) is 30.1 Å². The largest absolute Gasteiger partial charge is 0.337 e. The Kier molecular flexibility index (Phi) is 5.50. The molecule has 1 atom stereocenters. The van der Waals surface area contributed by atoms with Crippen LogP contribution in [0.5, 0.6) is 0 Å². The summed E-state index contributed by atoms with van der Waals surface area (Å²) >= 11 is 0. The van der Waals surface area contributed by atoms with Crippen molar-refractivity contribution in [2.45, 2.75) is 32.1 Å². The molecule has 1 unspecified atom stereocenters. The van der Waals surface area contributed by atoms with Crippen molar-refractivity contribution in [3.8, 4) is 0 Å². The molecule has 1 aliphatic carbocycles. The maximum Gasteiger partial charge on any atom is 0.337 e. The van der Waals surface area contributed by atoms with Gasteiger partial charge in [0.15, 0.2) is 0 Å². The SMILES string of the molecule is COP(=O)(CC(=O)CC1CCCCC1=O)OC. The average molecular weight is 262 g/mol. The minimum Gasteiger partial charge on any atom is -0.312 e. The predicted octanol–water partition coefficient (Wildman–Crippen LogP) is 2.19. The number of carbonyl (C=O) groups is 2. The van der Waals surface area contributed by atoms with E-state index in [4.69, 9.17) is 9.05 Å². The quantitative estimate of drug-likeness (QED) is 0.686. The fraction of sp³-hybridized carbons (Fsp3) is 0.818. The Balaban J connectivity index is 2.49. The van der Waals surface area contributed by atoms with Gasteiger partial charge >= 0.3 is 7.60 Å². The van der Waals surface area contributed by atoms with E-state index in [0.717, 1.165) is 19.3 Å². The molecule has 98 valence electrons. The Morgan fingerprint density at radius 2 is 2.00 bits per heavy atom. The fourth-order valence-corrected chi connectivity index (χ4v) is 3.00. The van der Waals surface area contributed by atoms with Crippen LogP contribution in [0.1, 0.15) is 32.1 Å². The van der Waals surface area contributed by atoms with Gasteiger partial charge in [-0.15, -0.1) is 0 Å². The number of hydrogen-bond acceptors (Lipinski definition) is 5. The molecule has 0 aromatic carbocycles. The minimum atomic E-state index is -3.29. The van der Waals surface area contributed by atoms with E-state index in [1.807, 2.05) is 0 Å². The molecular formula is C11H19O5P. The van der Waals surface area contributed by atoms with Crippen molar-refractivity contribution in [3.63, 3.8) is 0 Å². The predicted molar refractivity (Wildman–Crippen MR) is 63.1 cm³/mol. The van der Waals surface area contributed by atoms with E-state index >= 15 is 0 Å². The first kappa shape index (κ1) is 14.6. The molecule has 0 saturated heterocycles. The molecule has 0 aromatic heterocycles. The molecule has 1 aliphatic rings. The lowest BCUT2D eigenvalue weighted by atomic mass is 9.85. The number of hydrogen-bond donors (Lipinski definition) is 0. The van der Waals surface area contributed by atoms with E-state index in [9.17, 15) is 14.2 Å². The zero-order valence-corrected chi connectivity index (χ0v) is 11.2. The highest BCUT2D eigenvalue weighted by atomic mass is 31.2. The molecule has 0 aromatic rings. The van der Waals surface area contributed by atoms with E-state index < -0.39 is 7.60 Å². The smallest absolute Gasteiger partial charge is 0.312 e. The number of Topliss-reactive ketones (excluding diaryl/α,β-unsaturated/α-hetero) is 2. The zero-order chi connectivity index (χ0) is 12.9. The summed E-state index contributed by atoms with van der Waals surface area (Å²) in [7, 11) is -0.779. The van der Waals surface area contributed by atoms with Crippen LogP contribution < -0.4 is 0 Å². The Bertz CT molecular complexity index is 331. The molecule has 17 heavy (non-hydrogen) atoms. The highest BCUT2D eigenvalue weighted by Gasteiger charge is 2.30. The molecule has 1 saturated carbocycles. The zero-order valence-electron chi connectivity index (χ0n) is 10.3.